The molecule has 0 aliphatic heterocycles. The summed E-state index contributed by atoms with van der Waals surface area (Å²) in [5.41, 5.74) is 6.59. The minimum atomic E-state index is -0.485. The van der Waals surface area contributed by atoms with Gasteiger partial charge in [-0.05, 0) is 47.6 Å². The molecule has 0 bridgehead atoms. The second-order valence-electron chi connectivity index (χ2n) is 3.71. The number of hydrogen-bond donors (Lipinski definition) is 2. The minimum absolute atomic E-state index is 0.148. The summed E-state index contributed by atoms with van der Waals surface area (Å²) in [4.78, 5) is 11.8. The zero-order valence-corrected chi connectivity index (χ0v) is 11.9. The lowest BCUT2D eigenvalue weighted by Crippen LogP contribution is -2.35. The Bertz CT molecular complexity index is 371. The van der Waals surface area contributed by atoms with E-state index in [-0.39, 0.29) is 5.91 Å². The van der Waals surface area contributed by atoms with Gasteiger partial charge in [0.15, 0.2) is 0 Å². The summed E-state index contributed by atoms with van der Waals surface area (Å²) >= 11 is 2.18. The van der Waals surface area contributed by atoms with E-state index in [1.54, 1.807) is 7.11 Å². The molecule has 0 aliphatic carbocycles. The quantitative estimate of drug-likeness (QED) is 0.610. The zero-order chi connectivity index (χ0) is 12.7. The number of carbonyl (C=O) groups excluding carboxylic acids is 1. The van der Waals surface area contributed by atoms with E-state index in [2.05, 4.69) is 27.9 Å². The number of anilines is 1. The van der Waals surface area contributed by atoms with E-state index in [0.29, 0.717) is 13.0 Å². The van der Waals surface area contributed by atoms with Crippen molar-refractivity contribution in [1.82, 2.24) is 0 Å². The Morgan fingerprint density at radius 1 is 1.53 bits per heavy atom. The SMILES string of the molecule is COCCCC(N)C(=O)Nc1ccccc1I. The lowest BCUT2D eigenvalue weighted by molar-refractivity contribution is -0.117. The molecule has 0 heterocycles. The second-order valence-corrected chi connectivity index (χ2v) is 4.87. The van der Waals surface area contributed by atoms with Crippen molar-refractivity contribution in [3.63, 3.8) is 0 Å². The Balaban J connectivity index is 2.46. The van der Waals surface area contributed by atoms with Gasteiger partial charge in [0.25, 0.3) is 0 Å². The molecule has 0 radical (unpaired) electrons. The van der Waals surface area contributed by atoms with Crippen molar-refractivity contribution >= 4 is 34.2 Å². The number of amides is 1. The van der Waals surface area contributed by atoms with Gasteiger partial charge in [0.05, 0.1) is 11.7 Å². The molecule has 0 aromatic heterocycles. The van der Waals surface area contributed by atoms with Crippen molar-refractivity contribution in [2.24, 2.45) is 5.73 Å². The highest BCUT2D eigenvalue weighted by molar-refractivity contribution is 14.1. The molecule has 1 aromatic rings. The van der Waals surface area contributed by atoms with Gasteiger partial charge < -0.3 is 15.8 Å². The lowest BCUT2D eigenvalue weighted by atomic mass is 10.1. The number of para-hydroxylation sites is 1. The number of carbonyl (C=O) groups is 1. The third kappa shape index (κ3) is 5.01. The molecule has 1 amide bonds. The summed E-state index contributed by atoms with van der Waals surface area (Å²) in [5.74, 6) is -0.148. The largest absolute Gasteiger partial charge is 0.385 e. The molecule has 5 heteroatoms. The first-order valence-corrected chi connectivity index (χ1v) is 6.53. The van der Waals surface area contributed by atoms with Crippen LogP contribution >= 0.6 is 22.6 Å². The van der Waals surface area contributed by atoms with Crippen LogP contribution < -0.4 is 11.1 Å². The summed E-state index contributed by atoms with van der Waals surface area (Å²) in [6.07, 6.45) is 1.42. The molecule has 0 aliphatic rings. The van der Waals surface area contributed by atoms with Crippen molar-refractivity contribution in [2.75, 3.05) is 19.0 Å². The molecule has 4 nitrogen and oxygen atoms in total. The second kappa shape index (κ2) is 7.62. The van der Waals surface area contributed by atoms with Crippen LogP contribution in [-0.4, -0.2) is 25.7 Å². The van der Waals surface area contributed by atoms with E-state index in [1.165, 1.54) is 0 Å². The highest BCUT2D eigenvalue weighted by Gasteiger charge is 2.13. The van der Waals surface area contributed by atoms with Gasteiger partial charge in [0.1, 0.15) is 0 Å². The fourth-order valence-electron chi connectivity index (χ4n) is 1.37. The van der Waals surface area contributed by atoms with Gasteiger partial charge in [-0.2, -0.15) is 0 Å². The van der Waals surface area contributed by atoms with E-state index in [9.17, 15) is 4.79 Å². The van der Waals surface area contributed by atoms with E-state index in [1.807, 2.05) is 24.3 Å². The smallest absolute Gasteiger partial charge is 0.241 e. The fraction of sp³-hybridized carbons (Fsp3) is 0.417. The maximum absolute atomic E-state index is 11.8. The van der Waals surface area contributed by atoms with Crippen LogP contribution in [0.2, 0.25) is 0 Å². The number of nitrogens with two attached hydrogens (primary N) is 1. The van der Waals surface area contributed by atoms with Crippen LogP contribution in [0.25, 0.3) is 0 Å². The lowest BCUT2D eigenvalue weighted by Gasteiger charge is -2.12. The van der Waals surface area contributed by atoms with E-state index in [4.69, 9.17) is 10.5 Å². The molecular weight excluding hydrogens is 331 g/mol. The number of nitrogens with one attached hydrogen (secondary N) is 1. The van der Waals surface area contributed by atoms with Gasteiger partial charge in [-0.15, -0.1) is 0 Å². The van der Waals surface area contributed by atoms with Crippen LogP contribution in [0.15, 0.2) is 24.3 Å². The Labute approximate surface area is 115 Å². The Kier molecular flexibility index (Phi) is 6.46. The molecule has 0 saturated carbocycles. The van der Waals surface area contributed by atoms with Crippen LogP contribution in [0.3, 0.4) is 0 Å². The average molecular weight is 348 g/mol. The molecule has 1 atom stereocenters. The number of halogens is 1. The predicted octanol–water partition coefficient (Wildman–Crippen LogP) is 1.98. The Morgan fingerprint density at radius 3 is 2.88 bits per heavy atom. The Morgan fingerprint density at radius 2 is 2.24 bits per heavy atom. The molecule has 17 heavy (non-hydrogen) atoms. The summed E-state index contributed by atoms with van der Waals surface area (Å²) < 4.78 is 5.92. The monoisotopic (exact) mass is 348 g/mol. The van der Waals surface area contributed by atoms with Crippen molar-refractivity contribution in [2.45, 2.75) is 18.9 Å². The number of hydrogen-bond acceptors (Lipinski definition) is 3. The van der Waals surface area contributed by atoms with E-state index in [0.717, 1.165) is 15.7 Å². The van der Waals surface area contributed by atoms with Crippen LogP contribution in [0.5, 0.6) is 0 Å². The first-order valence-electron chi connectivity index (χ1n) is 5.45. The number of benzene rings is 1. The van der Waals surface area contributed by atoms with Crippen LogP contribution in [-0.2, 0) is 9.53 Å². The van der Waals surface area contributed by atoms with Crippen LogP contribution in [0.4, 0.5) is 5.69 Å². The maximum Gasteiger partial charge on any atom is 0.241 e. The number of rotatable bonds is 6. The fourth-order valence-corrected chi connectivity index (χ4v) is 1.89. The molecule has 1 aromatic carbocycles. The molecule has 0 saturated heterocycles. The third-order valence-corrected chi connectivity index (χ3v) is 3.27. The van der Waals surface area contributed by atoms with Gasteiger partial charge >= 0.3 is 0 Å². The standard InChI is InChI=1S/C12H17IN2O2/c1-17-8-4-6-10(14)12(16)15-11-7-3-2-5-9(11)13/h2-3,5,7,10H,4,6,8,14H2,1H3,(H,15,16). The highest BCUT2D eigenvalue weighted by Crippen LogP contribution is 2.17. The summed E-state index contributed by atoms with van der Waals surface area (Å²) in [5, 5.41) is 2.82. The van der Waals surface area contributed by atoms with Crippen molar-refractivity contribution in [3.8, 4) is 0 Å². The van der Waals surface area contributed by atoms with Crippen LogP contribution in [0.1, 0.15) is 12.8 Å². The zero-order valence-electron chi connectivity index (χ0n) is 9.78. The molecule has 94 valence electrons. The van der Waals surface area contributed by atoms with Crippen molar-refractivity contribution < 1.29 is 9.53 Å². The highest BCUT2D eigenvalue weighted by atomic mass is 127. The summed E-state index contributed by atoms with van der Waals surface area (Å²) in [6, 6.07) is 7.12. The van der Waals surface area contributed by atoms with Gasteiger partial charge in [-0.1, -0.05) is 12.1 Å². The maximum atomic E-state index is 11.8. The van der Waals surface area contributed by atoms with Crippen molar-refractivity contribution in [3.05, 3.63) is 27.8 Å². The molecule has 3 N–H and O–H groups in total. The summed E-state index contributed by atoms with van der Waals surface area (Å²) in [7, 11) is 1.64. The Hall–Kier alpha value is -0.660. The van der Waals surface area contributed by atoms with Gasteiger partial charge in [-0.25, -0.2) is 0 Å². The average Bonchev–Trinajstić information content (AvgIpc) is 2.32. The molecule has 0 fully saturated rings. The van der Waals surface area contributed by atoms with Gasteiger partial charge in [0.2, 0.25) is 5.91 Å². The first kappa shape index (κ1) is 14.4. The van der Waals surface area contributed by atoms with Gasteiger partial charge in [-0.3, -0.25) is 4.79 Å². The number of ether oxygens (including phenoxy) is 1. The molecular formula is C12H17IN2O2. The first-order chi connectivity index (χ1) is 8.15. The predicted molar refractivity (Wildman–Crippen MR) is 76.9 cm³/mol. The minimum Gasteiger partial charge on any atom is -0.385 e. The van der Waals surface area contributed by atoms with E-state index >= 15 is 0 Å². The topological polar surface area (TPSA) is 64.3 Å². The van der Waals surface area contributed by atoms with Crippen molar-refractivity contribution in [1.29, 1.82) is 0 Å². The third-order valence-electron chi connectivity index (χ3n) is 2.33. The summed E-state index contributed by atoms with van der Waals surface area (Å²) in [6.45, 7) is 0.629. The van der Waals surface area contributed by atoms with E-state index < -0.39 is 6.04 Å². The molecule has 1 unspecified atom stereocenters. The molecule has 1 rings (SSSR count). The number of methoxy groups -OCH3 is 1. The van der Waals surface area contributed by atoms with Gasteiger partial charge in [0, 0.05) is 17.3 Å². The molecule has 0 spiro atoms. The normalized spacial score (nSPS) is 12.2. The van der Waals surface area contributed by atoms with Crippen LogP contribution in [0, 0.1) is 3.57 Å².